The van der Waals surface area contributed by atoms with Gasteiger partial charge in [-0.05, 0) is 53.6 Å². The smallest absolute Gasteiger partial charge is 0.407 e. The number of amides is 3. The first kappa shape index (κ1) is 28.8. The van der Waals surface area contributed by atoms with Gasteiger partial charge in [-0.3, -0.25) is 9.59 Å². The maximum absolute atomic E-state index is 13.1. The van der Waals surface area contributed by atoms with Gasteiger partial charge >= 0.3 is 22.0 Å². The summed E-state index contributed by atoms with van der Waals surface area (Å²) in [5.41, 5.74) is -2.20. The highest BCUT2D eigenvalue weighted by Gasteiger charge is 2.46. The van der Waals surface area contributed by atoms with Crippen molar-refractivity contribution in [2.24, 2.45) is 29.6 Å². The monoisotopic (exact) mass is 532 g/mol. The summed E-state index contributed by atoms with van der Waals surface area (Å²) in [4.78, 5) is 37.6. The minimum absolute atomic E-state index is 0.0176. The van der Waals surface area contributed by atoms with Crippen molar-refractivity contribution in [1.29, 1.82) is 0 Å². The van der Waals surface area contributed by atoms with E-state index in [4.69, 9.17) is 4.74 Å². The highest BCUT2D eigenvalue weighted by molar-refractivity contribution is 7.92. The van der Waals surface area contributed by atoms with E-state index >= 15 is 0 Å². The van der Waals surface area contributed by atoms with Crippen molar-refractivity contribution in [3.63, 3.8) is 0 Å². The molecule has 206 valence electrons. The molecule has 0 aromatic heterocycles. The standard InChI is InChI=1S/C24H41N3O8S/c1-14(2)10-19(27-24(31)35-13-17-11-18(17)15-6-4-3-5-7-15)22(29)26-20(23(30)36(32,33)34)12-16-8-9-25-21(16)28/h14-20,23,30H,3-13H2,1-2H3,(H4-,25,26,27,28,29,31,32,33,34)/p+1/t16-,17+,18+,19-,20-,23+/m0/s1. The van der Waals surface area contributed by atoms with Gasteiger partial charge in [-0.25, -0.2) is 4.79 Å². The molecule has 0 aromatic rings. The lowest BCUT2D eigenvalue weighted by molar-refractivity contribution is -0.126. The second kappa shape index (κ2) is 12.7. The molecule has 0 spiro atoms. The molecule has 2 saturated carbocycles. The molecule has 3 aliphatic rings. The van der Waals surface area contributed by atoms with Crippen molar-refractivity contribution in [3.05, 3.63) is 0 Å². The van der Waals surface area contributed by atoms with Crippen LogP contribution >= 0.6 is 0 Å². The lowest BCUT2D eigenvalue weighted by atomic mass is 9.85. The average molecular weight is 533 g/mol. The fourth-order valence-electron chi connectivity index (χ4n) is 5.59. The van der Waals surface area contributed by atoms with Crippen LogP contribution in [0.1, 0.15) is 71.6 Å². The molecule has 6 N–H and O–H groups in total. The van der Waals surface area contributed by atoms with E-state index in [1.165, 1.54) is 32.1 Å². The zero-order valence-electron chi connectivity index (χ0n) is 21.2. The Hall–Kier alpha value is -1.76. The van der Waals surface area contributed by atoms with Crippen molar-refractivity contribution in [2.75, 3.05) is 13.2 Å². The van der Waals surface area contributed by atoms with Gasteiger partial charge in [-0.15, -0.1) is 0 Å². The Morgan fingerprint density at radius 3 is 2.42 bits per heavy atom. The molecule has 0 bridgehead atoms. The Labute approximate surface area is 214 Å². The van der Waals surface area contributed by atoms with E-state index in [1.807, 2.05) is 13.8 Å². The van der Waals surface area contributed by atoms with Gasteiger partial charge in [0.15, 0.2) is 0 Å². The highest BCUT2D eigenvalue weighted by Crippen LogP contribution is 2.49. The van der Waals surface area contributed by atoms with E-state index in [1.54, 1.807) is 0 Å². The Morgan fingerprint density at radius 1 is 1.14 bits per heavy atom. The quantitative estimate of drug-likeness (QED) is 0.207. The first-order chi connectivity index (χ1) is 17.0. The molecule has 0 aromatic carbocycles. The third-order valence-corrected chi connectivity index (χ3v) is 8.62. The first-order valence-corrected chi connectivity index (χ1v) is 14.7. The summed E-state index contributed by atoms with van der Waals surface area (Å²) >= 11 is 0. The van der Waals surface area contributed by atoms with E-state index in [2.05, 4.69) is 16.0 Å². The van der Waals surface area contributed by atoms with Gasteiger partial charge in [-0.2, -0.15) is 9.11 Å². The predicted octanol–water partition coefficient (Wildman–Crippen LogP) is 2.12. The molecule has 11 nitrogen and oxygen atoms in total. The minimum Gasteiger partial charge on any atom is -0.449 e. The lowest BCUT2D eigenvalue weighted by Gasteiger charge is -2.26. The molecular formula is C24H42N3O8S+. The number of carbonyl (C=O) groups excluding carboxylic acids is 3. The molecule has 1 saturated heterocycles. The summed E-state index contributed by atoms with van der Waals surface area (Å²) in [6.07, 6.45) is 7.21. The van der Waals surface area contributed by atoms with E-state index in [9.17, 15) is 32.8 Å². The summed E-state index contributed by atoms with van der Waals surface area (Å²) < 4.78 is 36.1. The number of alkyl carbamates (subject to hydrolysis) is 1. The SMILES string of the molecule is CC(C)C[C@H](NC(=O)OC[C@H]1C[C@@H]1C1CCCCC1)C(=O)N[C@@H](C[C@@H]1CCNC1=O)[C@H](O)[S+](=O)(O)O. The van der Waals surface area contributed by atoms with Gasteiger partial charge < -0.3 is 25.8 Å². The van der Waals surface area contributed by atoms with Crippen LogP contribution in [0.2, 0.25) is 0 Å². The van der Waals surface area contributed by atoms with Crippen LogP contribution in [-0.2, 0) is 29.0 Å². The Balaban J connectivity index is 1.56. The van der Waals surface area contributed by atoms with Crippen LogP contribution in [0, 0.1) is 29.6 Å². The maximum atomic E-state index is 13.1. The van der Waals surface area contributed by atoms with Gasteiger partial charge in [0.05, 0.1) is 6.61 Å². The fraction of sp³-hybridized carbons (Fsp3) is 0.875. The molecule has 3 fully saturated rings. The Morgan fingerprint density at radius 2 is 1.83 bits per heavy atom. The summed E-state index contributed by atoms with van der Waals surface area (Å²) in [6, 6.07) is -2.39. The molecule has 6 atom stereocenters. The van der Waals surface area contributed by atoms with Gasteiger partial charge in [0.25, 0.3) is 0 Å². The summed E-state index contributed by atoms with van der Waals surface area (Å²) in [7, 11) is -4.66. The fourth-order valence-corrected chi connectivity index (χ4v) is 6.20. The van der Waals surface area contributed by atoms with Crippen LogP contribution in [0.25, 0.3) is 0 Å². The number of ether oxygens (including phenoxy) is 1. The van der Waals surface area contributed by atoms with Crippen molar-refractivity contribution < 1.29 is 37.5 Å². The van der Waals surface area contributed by atoms with E-state index in [0.717, 1.165) is 6.42 Å². The number of rotatable bonds is 12. The van der Waals surface area contributed by atoms with E-state index in [-0.39, 0.29) is 24.7 Å². The number of hydrogen-bond donors (Lipinski definition) is 6. The molecule has 3 amide bonds. The number of hydrogen-bond acceptors (Lipinski definition) is 6. The van der Waals surface area contributed by atoms with Crippen LogP contribution in [0.3, 0.4) is 0 Å². The van der Waals surface area contributed by atoms with Crippen molar-refractivity contribution in [3.8, 4) is 0 Å². The van der Waals surface area contributed by atoms with E-state index < -0.39 is 45.9 Å². The van der Waals surface area contributed by atoms with Crippen LogP contribution in [0.15, 0.2) is 0 Å². The highest BCUT2D eigenvalue weighted by atomic mass is 32.3. The molecule has 36 heavy (non-hydrogen) atoms. The van der Waals surface area contributed by atoms with Gasteiger partial charge in [-0.1, -0.05) is 46.0 Å². The van der Waals surface area contributed by atoms with E-state index in [0.29, 0.717) is 37.3 Å². The summed E-state index contributed by atoms with van der Waals surface area (Å²) in [6.45, 7) is 4.46. The maximum Gasteiger partial charge on any atom is 0.407 e. The minimum atomic E-state index is -4.66. The van der Waals surface area contributed by atoms with Crippen LogP contribution in [0.4, 0.5) is 4.79 Å². The van der Waals surface area contributed by atoms with Gasteiger partial charge in [0, 0.05) is 12.5 Å². The molecule has 1 heterocycles. The molecule has 12 heteroatoms. The molecule has 2 aliphatic carbocycles. The first-order valence-electron chi connectivity index (χ1n) is 13.1. The third-order valence-electron chi connectivity index (χ3n) is 7.66. The largest absolute Gasteiger partial charge is 0.449 e. The van der Waals surface area contributed by atoms with Crippen LogP contribution in [0.5, 0.6) is 0 Å². The zero-order chi connectivity index (χ0) is 26.5. The van der Waals surface area contributed by atoms with Gasteiger partial charge in [0.1, 0.15) is 12.1 Å². The second-order valence-corrected chi connectivity index (χ2v) is 12.6. The molecule has 3 rings (SSSR count). The summed E-state index contributed by atoms with van der Waals surface area (Å²) in [5.74, 6) is 0.112. The van der Waals surface area contributed by atoms with Crippen molar-refractivity contribution in [1.82, 2.24) is 16.0 Å². The molecular weight excluding hydrogens is 490 g/mol. The normalized spacial score (nSPS) is 27.2. The van der Waals surface area contributed by atoms with Crippen LogP contribution in [-0.4, -0.2) is 62.8 Å². The van der Waals surface area contributed by atoms with Crippen LogP contribution < -0.4 is 16.0 Å². The topological polar surface area (TPSA) is 174 Å². The van der Waals surface area contributed by atoms with Crippen molar-refractivity contribution in [2.45, 2.75) is 89.2 Å². The van der Waals surface area contributed by atoms with Gasteiger partial charge in [0.2, 0.25) is 11.8 Å². The number of aliphatic hydroxyl groups is 1. The predicted molar refractivity (Wildman–Crippen MR) is 133 cm³/mol. The number of nitrogens with one attached hydrogen (secondary N) is 3. The summed E-state index contributed by atoms with van der Waals surface area (Å²) in [5, 5.41) is 17.9. The Kier molecular flexibility index (Phi) is 10.1. The lowest BCUT2D eigenvalue weighted by Crippen LogP contribution is -2.55. The molecule has 0 unspecified atom stereocenters. The third kappa shape index (κ3) is 8.39. The number of carbonyl (C=O) groups is 3. The number of aliphatic hydroxyl groups excluding tert-OH is 1. The zero-order valence-corrected chi connectivity index (χ0v) is 22.0. The Bertz CT molecular complexity index is 828. The average Bonchev–Trinajstić information content (AvgIpc) is 3.49. The molecule has 1 aliphatic heterocycles. The second-order valence-electron chi connectivity index (χ2n) is 11.0. The molecule has 0 radical (unpaired) electrons. The van der Waals surface area contributed by atoms with Crippen molar-refractivity contribution >= 4 is 28.4 Å².